The van der Waals surface area contributed by atoms with Crippen molar-refractivity contribution in [3.63, 3.8) is 0 Å². The van der Waals surface area contributed by atoms with Crippen LogP contribution in [-0.2, 0) is 7.05 Å². The van der Waals surface area contributed by atoms with Gasteiger partial charge < -0.3 is 15.2 Å². The molecule has 0 saturated carbocycles. The fraction of sp³-hybridized carbons (Fsp3) is 0.154. The van der Waals surface area contributed by atoms with E-state index in [0.717, 1.165) is 0 Å². The molecule has 0 atom stereocenters. The molecule has 1 aromatic heterocycles. The monoisotopic (exact) mass is 275 g/mol. The van der Waals surface area contributed by atoms with Crippen LogP contribution in [0.2, 0.25) is 0 Å². The van der Waals surface area contributed by atoms with E-state index >= 15 is 0 Å². The number of benzene rings is 1. The van der Waals surface area contributed by atoms with E-state index in [2.05, 4.69) is 10.4 Å². The maximum Gasteiger partial charge on any atom is 0.356 e. The Hall–Kier alpha value is -2.83. The van der Waals surface area contributed by atoms with Crippen LogP contribution >= 0.6 is 0 Å². The van der Waals surface area contributed by atoms with Crippen molar-refractivity contribution in [1.82, 2.24) is 9.78 Å². The minimum atomic E-state index is -1.18. The van der Waals surface area contributed by atoms with Crippen LogP contribution in [0.1, 0.15) is 21.0 Å². The molecule has 1 heterocycles. The van der Waals surface area contributed by atoms with Gasteiger partial charge in [0.2, 0.25) is 0 Å². The number of hydrogen-bond donors (Lipinski definition) is 2. The summed E-state index contributed by atoms with van der Waals surface area (Å²) in [5.41, 5.74) is 0.569. The number of carbonyl (C=O) groups excluding carboxylic acids is 1. The summed E-state index contributed by atoms with van der Waals surface area (Å²) < 4.78 is 6.24. The van der Waals surface area contributed by atoms with E-state index in [1.54, 1.807) is 31.4 Å². The largest absolute Gasteiger partial charge is 0.497 e. The molecule has 2 aromatic rings. The number of anilines is 1. The fourth-order valence-electron chi connectivity index (χ4n) is 1.65. The third-order valence-electron chi connectivity index (χ3n) is 2.68. The SMILES string of the molecule is COc1ccc(NC(=O)c2cc(C(=O)O)nn2C)cc1. The number of ether oxygens (including phenoxy) is 1. The molecule has 104 valence electrons. The van der Waals surface area contributed by atoms with E-state index in [0.29, 0.717) is 11.4 Å². The molecule has 0 aliphatic heterocycles. The van der Waals surface area contributed by atoms with E-state index < -0.39 is 11.9 Å². The number of carboxylic acid groups (broad SMARTS) is 1. The van der Waals surface area contributed by atoms with E-state index in [4.69, 9.17) is 9.84 Å². The quantitative estimate of drug-likeness (QED) is 0.879. The molecular formula is C13H13N3O4. The number of aryl methyl sites for hydroxylation is 1. The first-order chi connectivity index (χ1) is 9.51. The van der Waals surface area contributed by atoms with Crippen molar-refractivity contribution in [1.29, 1.82) is 0 Å². The highest BCUT2D eigenvalue weighted by Gasteiger charge is 2.16. The Morgan fingerprint density at radius 3 is 2.45 bits per heavy atom. The Morgan fingerprint density at radius 1 is 1.30 bits per heavy atom. The van der Waals surface area contributed by atoms with Gasteiger partial charge >= 0.3 is 5.97 Å². The van der Waals surface area contributed by atoms with Crippen molar-refractivity contribution in [3.8, 4) is 5.75 Å². The van der Waals surface area contributed by atoms with Crippen LogP contribution < -0.4 is 10.1 Å². The van der Waals surface area contributed by atoms with Gasteiger partial charge in [0.1, 0.15) is 11.4 Å². The summed E-state index contributed by atoms with van der Waals surface area (Å²) in [4.78, 5) is 22.8. The van der Waals surface area contributed by atoms with Gasteiger partial charge in [-0.1, -0.05) is 0 Å². The molecule has 2 rings (SSSR count). The normalized spacial score (nSPS) is 10.1. The molecule has 0 spiro atoms. The van der Waals surface area contributed by atoms with Gasteiger partial charge in [-0.2, -0.15) is 5.10 Å². The zero-order valence-corrected chi connectivity index (χ0v) is 11.0. The standard InChI is InChI=1S/C13H13N3O4/c1-16-11(7-10(15-16)13(18)19)12(17)14-8-3-5-9(20-2)6-4-8/h3-7H,1-2H3,(H,14,17)(H,18,19). The molecule has 7 heteroatoms. The molecule has 7 nitrogen and oxygen atoms in total. The van der Waals surface area contributed by atoms with Crippen molar-refractivity contribution < 1.29 is 19.4 Å². The van der Waals surface area contributed by atoms with Crippen molar-refractivity contribution in [2.45, 2.75) is 0 Å². The lowest BCUT2D eigenvalue weighted by molar-refractivity contribution is 0.0689. The fourth-order valence-corrected chi connectivity index (χ4v) is 1.65. The first kappa shape index (κ1) is 13.6. The molecule has 0 fully saturated rings. The topological polar surface area (TPSA) is 93.4 Å². The smallest absolute Gasteiger partial charge is 0.356 e. The lowest BCUT2D eigenvalue weighted by atomic mass is 10.3. The number of methoxy groups -OCH3 is 1. The lowest BCUT2D eigenvalue weighted by Crippen LogP contribution is -2.15. The van der Waals surface area contributed by atoms with Crippen LogP contribution in [-0.4, -0.2) is 33.9 Å². The summed E-state index contributed by atoms with van der Waals surface area (Å²) in [5.74, 6) is -0.932. The van der Waals surface area contributed by atoms with Gasteiger partial charge in [0, 0.05) is 18.8 Å². The van der Waals surface area contributed by atoms with Gasteiger partial charge in [0.05, 0.1) is 7.11 Å². The second kappa shape index (κ2) is 5.43. The zero-order valence-electron chi connectivity index (χ0n) is 11.0. The number of amides is 1. The van der Waals surface area contributed by atoms with Crippen LogP contribution in [0.5, 0.6) is 5.75 Å². The van der Waals surface area contributed by atoms with Gasteiger partial charge in [-0.15, -0.1) is 0 Å². The highest BCUT2D eigenvalue weighted by atomic mass is 16.5. The number of nitrogens with zero attached hydrogens (tertiary/aromatic N) is 2. The molecule has 1 aromatic carbocycles. The predicted octanol–water partition coefficient (Wildman–Crippen LogP) is 1.38. The molecular weight excluding hydrogens is 262 g/mol. The van der Waals surface area contributed by atoms with Gasteiger partial charge in [-0.3, -0.25) is 9.48 Å². The first-order valence-corrected chi connectivity index (χ1v) is 5.74. The van der Waals surface area contributed by atoms with E-state index in [1.165, 1.54) is 17.8 Å². The summed E-state index contributed by atoms with van der Waals surface area (Å²) in [6.45, 7) is 0. The Morgan fingerprint density at radius 2 is 1.95 bits per heavy atom. The van der Waals surface area contributed by atoms with Crippen molar-refractivity contribution in [3.05, 3.63) is 41.7 Å². The van der Waals surface area contributed by atoms with E-state index in [9.17, 15) is 9.59 Å². The Balaban J connectivity index is 2.16. The van der Waals surface area contributed by atoms with Crippen LogP contribution in [0.15, 0.2) is 30.3 Å². The van der Waals surface area contributed by atoms with Crippen LogP contribution in [0, 0.1) is 0 Å². The van der Waals surface area contributed by atoms with Gasteiger partial charge in [0.15, 0.2) is 5.69 Å². The summed E-state index contributed by atoms with van der Waals surface area (Å²) in [6.07, 6.45) is 0. The average molecular weight is 275 g/mol. The van der Waals surface area contributed by atoms with Gasteiger partial charge in [0.25, 0.3) is 5.91 Å². The maximum absolute atomic E-state index is 12.0. The minimum absolute atomic E-state index is 0.165. The number of aromatic nitrogens is 2. The van der Waals surface area contributed by atoms with Crippen LogP contribution in [0.4, 0.5) is 5.69 Å². The molecule has 0 radical (unpaired) electrons. The number of carbonyl (C=O) groups is 2. The summed E-state index contributed by atoms with van der Waals surface area (Å²) in [6, 6.07) is 8.01. The van der Waals surface area contributed by atoms with Crippen LogP contribution in [0.3, 0.4) is 0 Å². The molecule has 1 amide bonds. The highest BCUT2D eigenvalue weighted by molar-refractivity contribution is 6.04. The minimum Gasteiger partial charge on any atom is -0.497 e. The third-order valence-corrected chi connectivity index (χ3v) is 2.68. The molecule has 2 N–H and O–H groups in total. The average Bonchev–Trinajstić information content (AvgIpc) is 2.82. The van der Waals surface area contributed by atoms with Gasteiger partial charge in [-0.25, -0.2) is 4.79 Å². The molecule has 0 unspecified atom stereocenters. The number of nitrogens with one attached hydrogen (secondary N) is 1. The molecule has 0 aliphatic carbocycles. The molecule has 0 aliphatic rings. The first-order valence-electron chi connectivity index (χ1n) is 5.74. The maximum atomic E-state index is 12.0. The van der Waals surface area contributed by atoms with Crippen molar-refractivity contribution in [2.75, 3.05) is 12.4 Å². The van der Waals surface area contributed by atoms with Crippen LogP contribution in [0.25, 0.3) is 0 Å². The third kappa shape index (κ3) is 2.77. The lowest BCUT2D eigenvalue weighted by Gasteiger charge is -2.06. The second-order valence-corrected chi connectivity index (χ2v) is 4.03. The molecule has 20 heavy (non-hydrogen) atoms. The molecule has 0 saturated heterocycles. The Kier molecular flexibility index (Phi) is 3.69. The number of hydrogen-bond acceptors (Lipinski definition) is 4. The number of carboxylic acids is 1. The summed E-state index contributed by atoms with van der Waals surface area (Å²) in [5, 5.41) is 15.2. The summed E-state index contributed by atoms with van der Waals surface area (Å²) in [7, 11) is 3.06. The van der Waals surface area contributed by atoms with E-state index in [-0.39, 0.29) is 11.4 Å². The highest BCUT2D eigenvalue weighted by Crippen LogP contribution is 2.16. The summed E-state index contributed by atoms with van der Waals surface area (Å²) >= 11 is 0. The van der Waals surface area contributed by atoms with Crippen molar-refractivity contribution >= 4 is 17.6 Å². The predicted molar refractivity (Wildman–Crippen MR) is 71.1 cm³/mol. The second-order valence-electron chi connectivity index (χ2n) is 4.03. The van der Waals surface area contributed by atoms with Gasteiger partial charge in [-0.05, 0) is 24.3 Å². The van der Waals surface area contributed by atoms with Crippen molar-refractivity contribution in [2.24, 2.45) is 7.05 Å². The zero-order chi connectivity index (χ0) is 14.7. The Bertz CT molecular complexity index is 646. The molecule has 0 bridgehead atoms. The van der Waals surface area contributed by atoms with E-state index in [1.807, 2.05) is 0 Å². The number of aromatic carboxylic acids is 1. The Labute approximate surface area is 114 Å². The number of rotatable bonds is 4.